The molecule has 3 aromatic rings. The van der Waals surface area contributed by atoms with Crippen molar-refractivity contribution in [1.29, 1.82) is 0 Å². The van der Waals surface area contributed by atoms with Crippen LogP contribution in [0, 0.1) is 0 Å². The summed E-state index contributed by atoms with van der Waals surface area (Å²) in [6.07, 6.45) is 1.35. The van der Waals surface area contributed by atoms with Gasteiger partial charge in [0.25, 0.3) is 5.56 Å². The average Bonchev–Trinajstić information content (AvgIpc) is 2.61. The minimum atomic E-state index is -3.85. The number of nitrogens with one attached hydrogen (secondary N) is 2. The van der Waals surface area contributed by atoms with Crippen LogP contribution in [0.3, 0.4) is 0 Å². The summed E-state index contributed by atoms with van der Waals surface area (Å²) in [7, 11) is -0.0635. The van der Waals surface area contributed by atoms with Gasteiger partial charge >= 0.3 is 0 Å². The summed E-state index contributed by atoms with van der Waals surface area (Å²) in [5.74, 6) is -0.497. The lowest BCUT2D eigenvalue weighted by atomic mass is 10.1. The van der Waals surface area contributed by atoms with Crippen LogP contribution >= 0.6 is 0 Å². The first-order chi connectivity index (χ1) is 12.3. The third kappa shape index (κ3) is 3.29. The second kappa shape index (κ2) is 6.81. The molecule has 1 aromatic heterocycles. The highest BCUT2D eigenvalue weighted by atomic mass is 32.2. The predicted molar refractivity (Wildman–Crippen MR) is 101 cm³/mol. The number of benzene rings is 2. The number of sulfonamides is 1. The minimum Gasteiger partial charge on any atom is -0.503 e. The molecule has 3 rings (SSSR count). The van der Waals surface area contributed by atoms with E-state index in [9.17, 15) is 18.3 Å². The van der Waals surface area contributed by atoms with Crippen LogP contribution in [0.15, 0.2) is 58.4 Å². The standard InChI is InChI=1S/C18H19N3O4S/c1-21(2)15-7-3-6-14-13(15)5-4-8-16(14)26(24,25)20-11-12-9-10-19-18(23)17(12)22/h3-10,20,22H,11H2,1-2H3,(H,19,23). The molecule has 0 unspecified atom stereocenters. The number of anilines is 1. The molecule has 1 heterocycles. The smallest absolute Gasteiger partial charge is 0.290 e. The molecule has 0 aliphatic carbocycles. The number of aromatic hydroxyl groups is 1. The lowest BCUT2D eigenvalue weighted by Gasteiger charge is -2.17. The normalized spacial score (nSPS) is 11.6. The zero-order valence-corrected chi connectivity index (χ0v) is 15.2. The van der Waals surface area contributed by atoms with Crippen LogP contribution in [-0.4, -0.2) is 32.6 Å². The van der Waals surface area contributed by atoms with Crippen LogP contribution in [-0.2, 0) is 16.6 Å². The monoisotopic (exact) mass is 373 g/mol. The second-order valence-electron chi connectivity index (χ2n) is 6.03. The maximum Gasteiger partial charge on any atom is 0.290 e. The Morgan fingerprint density at radius 1 is 1.08 bits per heavy atom. The van der Waals surface area contributed by atoms with Gasteiger partial charge in [-0.2, -0.15) is 0 Å². The summed E-state index contributed by atoms with van der Waals surface area (Å²) in [6, 6.07) is 12.0. The lowest BCUT2D eigenvalue weighted by Crippen LogP contribution is -2.24. The summed E-state index contributed by atoms with van der Waals surface area (Å²) >= 11 is 0. The van der Waals surface area contributed by atoms with Gasteiger partial charge < -0.3 is 15.0 Å². The number of fused-ring (bicyclic) bond motifs is 1. The quantitative estimate of drug-likeness (QED) is 0.633. The van der Waals surface area contributed by atoms with Gasteiger partial charge in [-0.1, -0.05) is 24.3 Å². The third-order valence-corrected chi connectivity index (χ3v) is 5.56. The molecule has 0 saturated carbocycles. The fraction of sp³-hybridized carbons (Fsp3) is 0.167. The zero-order chi connectivity index (χ0) is 18.9. The largest absolute Gasteiger partial charge is 0.503 e. The van der Waals surface area contributed by atoms with Crippen molar-refractivity contribution in [2.24, 2.45) is 0 Å². The molecule has 26 heavy (non-hydrogen) atoms. The number of hydrogen-bond acceptors (Lipinski definition) is 5. The first kappa shape index (κ1) is 18.0. The number of hydrogen-bond donors (Lipinski definition) is 3. The highest BCUT2D eigenvalue weighted by Gasteiger charge is 2.19. The van der Waals surface area contributed by atoms with Crippen molar-refractivity contribution in [3.63, 3.8) is 0 Å². The number of nitrogens with zero attached hydrogens (tertiary/aromatic N) is 1. The van der Waals surface area contributed by atoms with E-state index in [1.807, 2.05) is 31.1 Å². The van der Waals surface area contributed by atoms with Gasteiger partial charge in [0.1, 0.15) is 0 Å². The Hall–Kier alpha value is -2.84. The average molecular weight is 373 g/mol. The fourth-order valence-corrected chi connectivity index (χ4v) is 4.02. The molecule has 136 valence electrons. The molecular weight excluding hydrogens is 354 g/mol. The molecule has 3 N–H and O–H groups in total. The zero-order valence-electron chi connectivity index (χ0n) is 14.4. The molecule has 0 atom stereocenters. The van der Waals surface area contributed by atoms with E-state index in [4.69, 9.17) is 0 Å². The Kier molecular flexibility index (Phi) is 4.71. The number of pyridine rings is 1. The summed E-state index contributed by atoms with van der Waals surface area (Å²) in [6.45, 7) is -0.193. The number of aromatic amines is 1. The molecule has 0 saturated heterocycles. The highest BCUT2D eigenvalue weighted by molar-refractivity contribution is 7.89. The maximum atomic E-state index is 12.8. The molecular formula is C18H19N3O4S. The Morgan fingerprint density at radius 3 is 2.50 bits per heavy atom. The summed E-state index contributed by atoms with van der Waals surface area (Å²) in [5, 5.41) is 11.2. The molecule has 0 spiro atoms. The van der Waals surface area contributed by atoms with E-state index in [0.29, 0.717) is 5.39 Å². The fourth-order valence-electron chi connectivity index (χ4n) is 2.79. The van der Waals surface area contributed by atoms with E-state index in [0.717, 1.165) is 11.1 Å². The van der Waals surface area contributed by atoms with Crippen molar-refractivity contribution in [3.8, 4) is 5.75 Å². The van der Waals surface area contributed by atoms with Crippen LogP contribution < -0.4 is 15.2 Å². The molecule has 0 fully saturated rings. The van der Waals surface area contributed by atoms with E-state index in [1.165, 1.54) is 18.3 Å². The van der Waals surface area contributed by atoms with Crippen LogP contribution in [0.1, 0.15) is 5.56 Å². The van der Waals surface area contributed by atoms with Crippen LogP contribution in [0.2, 0.25) is 0 Å². The van der Waals surface area contributed by atoms with E-state index >= 15 is 0 Å². The minimum absolute atomic E-state index is 0.142. The third-order valence-electron chi connectivity index (χ3n) is 4.10. The summed E-state index contributed by atoms with van der Waals surface area (Å²) < 4.78 is 28.1. The van der Waals surface area contributed by atoms with Gasteiger partial charge in [-0.05, 0) is 18.2 Å². The number of aromatic nitrogens is 1. The molecule has 0 aliphatic rings. The molecule has 0 bridgehead atoms. The topological polar surface area (TPSA) is 103 Å². The Labute approximate surface area is 151 Å². The first-order valence-electron chi connectivity index (χ1n) is 7.89. The molecule has 7 nitrogen and oxygen atoms in total. The van der Waals surface area contributed by atoms with Gasteiger partial charge in [0, 0.05) is 48.9 Å². The predicted octanol–water partition coefficient (Wildman–Crippen LogP) is 1.78. The van der Waals surface area contributed by atoms with E-state index in [-0.39, 0.29) is 17.0 Å². The Balaban J connectivity index is 2.01. The summed E-state index contributed by atoms with van der Waals surface area (Å²) in [4.78, 5) is 15.8. The first-order valence-corrected chi connectivity index (χ1v) is 9.38. The SMILES string of the molecule is CN(C)c1cccc2c(S(=O)(=O)NCc3cc[nH]c(=O)c3O)cccc12. The number of H-pyrrole nitrogens is 1. The van der Waals surface area contributed by atoms with Gasteiger partial charge in [0.05, 0.1) is 4.90 Å². The molecule has 0 radical (unpaired) electrons. The second-order valence-corrected chi connectivity index (χ2v) is 7.76. The van der Waals surface area contributed by atoms with Gasteiger partial charge in [0.2, 0.25) is 10.0 Å². The molecule has 0 amide bonds. The van der Waals surface area contributed by atoms with Crippen molar-refractivity contribution < 1.29 is 13.5 Å². The highest BCUT2D eigenvalue weighted by Crippen LogP contribution is 2.30. The molecule has 0 aliphatic heterocycles. The van der Waals surface area contributed by atoms with Crippen molar-refractivity contribution >= 4 is 26.5 Å². The van der Waals surface area contributed by atoms with Crippen molar-refractivity contribution in [2.75, 3.05) is 19.0 Å². The van der Waals surface area contributed by atoms with E-state index < -0.39 is 21.3 Å². The van der Waals surface area contributed by atoms with Crippen LogP contribution in [0.4, 0.5) is 5.69 Å². The van der Waals surface area contributed by atoms with E-state index in [2.05, 4.69) is 9.71 Å². The Morgan fingerprint density at radius 2 is 1.77 bits per heavy atom. The maximum absolute atomic E-state index is 12.8. The van der Waals surface area contributed by atoms with Gasteiger partial charge in [-0.15, -0.1) is 0 Å². The van der Waals surface area contributed by atoms with Crippen molar-refractivity contribution in [1.82, 2.24) is 9.71 Å². The Bertz CT molecular complexity index is 1120. The van der Waals surface area contributed by atoms with Crippen LogP contribution in [0.25, 0.3) is 10.8 Å². The number of rotatable bonds is 5. The van der Waals surface area contributed by atoms with Gasteiger partial charge in [-0.25, -0.2) is 13.1 Å². The van der Waals surface area contributed by atoms with E-state index in [1.54, 1.807) is 18.2 Å². The lowest BCUT2D eigenvalue weighted by molar-refractivity contribution is 0.458. The summed E-state index contributed by atoms with van der Waals surface area (Å²) in [5.41, 5.74) is 0.445. The molecule has 8 heteroatoms. The van der Waals surface area contributed by atoms with Gasteiger partial charge in [0.15, 0.2) is 5.75 Å². The van der Waals surface area contributed by atoms with Crippen molar-refractivity contribution in [2.45, 2.75) is 11.4 Å². The van der Waals surface area contributed by atoms with Gasteiger partial charge in [-0.3, -0.25) is 4.79 Å². The van der Waals surface area contributed by atoms with Crippen molar-refractivity contribution in [3.05, 3.63) is 64.6 Å². The molecule has 2 aromatic carbocycles. The van der Waals surface area contributed by atoms with Crippen LogP contribution in [0.5, 0.6) is 5.75 Å².